The summed E-state index contributed by atoms with van der Waals surface area (Å²) < 4.78 is 45.9. The molecule has 0 saturated heterocycles. The minimum absolute atomic E-state index is 0.0610. The number of halogens is 1. The summed E-state index contributed by atoms with van der Waals surface area (Å²) >= 11 is 0. The number of anilines is 1. The summed E-state index contributed by atoms with van der Waals surface area (Å²) in [7, 11) is -3.86. The molecule has 168 valence electrons. The molecule has 1 aromatic heterocycles. The van der Waals surface area contributed by atoms with Crippen LogP contribution in [0.2, 0.25) is 0 Å². The van der Waals surface area contributed by atoms with Crippen LogP contribution in [0.5, 0.6) is 5.88 Å². The van der Waals surface area contributed by atoms with Gasteiger partial charge in [-0.2, -0.15) is 0 Å². The van der Waals surface area contributed by atoms with E-state index in [0.717, 1.165) is 30.5 Å². The lowest BCUT2D eigenvalue weighted by atomic mass is 10.2. The highest BCUT2D eigenvalue weighted by Gasteiger charge is 2.15. The molecule has 0 atom stereocenters. The van der Waals surface area contributed by atoms with E-state index in [0.29, 0.717) is 18.1 Å². The van der Waals surface area contributed by atoms with Gasteiger partial charge in [0.15, 0.2) is 0 Å². The molecule has 0 fully saturated rings. The Morgan fingerprint density at radius 2 is 1.78 bits per heavy atom. The third-order valence-electron chi connectivity index (χ3n) is 4.55. The van der Waals surface area contributed by atoms with Crippen molar-refractivity contribution in [3.8, 4) is 5.88 Å². The van der Waals surface area contributed by atoms with Gasteiger partial charge >= 0.3 is 0 Å². The number of amides is 1. The van der Waals surface area contributed by atoms with Crippen LogP contribution in [-0.4, -0.2) is 25.9 Å². The van der Waals surface area contributed by atoms with Gasteiger partial charge in [-0.05, 0) is 61.0 Å². The summed E-state index contributed by atoms with van der Waals surface area (Å²) in [6.45, 7) is 2.87. The highest BCUT2D eigenvalue weighted by atomic mass is 32.2. The fourth-order valence-corrected chi connectivity index (χ4v) is 3.86. The highest BCUT2D eigenvalue weighted by molar-refractivity contribution is 7.92. The van der Waals surface area contributed by atoms with E-state index in [9.17, 15) is 17.6 Å². The Hall–Kier alpha value is -3.46. The van der Waals surface area contributed by atoms with E-state index in [1.165, 1.54) is 36.4 Å². The zero-order valence-electron chi connectivity index (χ0n) is 17.5. The van der Waals surface area contributed by atoms with Crippen molar-refractivity contribution in [2.75, 3.05) is 11.3 Å². The summed E-state index contributed by atoms with van der Waals surface area (Å²) in [6.07, 6.45) is 3.56. The van der Waals surface area contributed by atoms with Crippen molar-refractivity contribution in [3.05, 3.63) is 83.8 Å². The van der Waals surface area contributed by atoms with E-state index >= 15 is 0 Å². The maximum atomic E-state index is 13.0. The fourth-order valence-electron chi connectivity index (χ4n) is 2.80. The molecule has 2 N–H and O–H groups in total. The van der Waals surface area contributed by atoms with Gasteiger partial charge in [0.2, 0.25) is 5.88 Å². The summed E-state index contributed by atoms with van der Waals surface area (Å²) in [5.41, 5.74) is 1.41. The van der Waals surface area contributed by atoms with Crippen LogP contribution < -0.4 is 14.8 Å². The van der Waals surface area contributed by atoms with Gasteiger partial charge < -0.3 is 10.1 Å². The fraction of sp³-hybridized carbons (Fsp3) is 0.217. The number of ether oxygens (including phenoxy) is 1. The van der Waals surface area contributed by atoms with E-state index in [4.69, 9.17) is 4.74 Å². The number of benzene rings is 2. The Balaban J connectivity index is 1.60. The van der Waals surface area contributed by atoms with Crippen LogP contribution in [0, 0.1) is 5.82 Å². The average molecular weight is 458 g/mol. The standard InChI is InChI=1S/C23H24FN3O4S/c1-2-3-15-31-23-18(5-4-14-25-23)16-26-22(28)17-6-10-20(11-7-17)27-32(29,30)21-12-8-19(24)9-13-21/h4-14,27H,2-3,15-16H2,1H3,(H,26,28). The third kappa shape index (κ3) is 6.27. The molecule has 7 nitrogen and oxygen atoms in total. The molecule has 2 aromatic carbocycles. The largest absolute Gasteiger partial charge is 0.477 e. The smallest absolute Gasteiger partial charge is 0.261 e. The zero-order valence-corrected chi connectivity index (χ0v) is 18.4. The molecule has 0 spiro atoms. The Morgan fingerprint density at radius 3 is 2.47 bits per heavy atom. The van der Waals surface area contributed by atoms with E-state index < -0.39 is 15.8 Å². The minimum Gasteiger partial charge on any atom is -0.477 e. The lowest BCUT2D eigenvalue weighted by Crippen LogP contribution is -2.23. The van der Waals surface area contributed by atoms with Crippen molar-refractivity contribution in [3.63, 3.8) is 0 Å². The van der Waals surface area contributed by atoms with Crippen LogP contribution in [0.15, 0.2) is 71.8 Å². The molecular weight excluding hydrogens is 433 g/mol. The first-order valence-electron chi connectivity index (χ1n) is 10.1. The predicted octanol–water partition coefficient (Wildman–Crippen LogP) is 4.13. The van der Waals surface area contributed by atoms with Gasteiger partial charge in [-0.15, -0.1) is 0 Å². The average Bonchev–Trinajstić information content (AvgIpc) is 2.79. The molecule has 1 amide bonds. The molecule has 3 aromatic rings. The molecule has 0 aliphatic carbocycles. The molecule has 0 bridgehead atoms. The van der Waals surface area contributed by atoms with Crippen molar-refractivity contribution in [2.45, 2.75) is 31.2 Å². The number of carbonyl (C=O) groups excluding carboxylic acids is 1. The number of rotatable bonds is 10. The number of hydrogen-bond acceptors (Lipinski definition) is 5. The number of sulfonamides is 1. The van der Waals surface area contributed by atoms with Crippen LogP contribution in [0.1, 0.15) is 35.7 Å². The van der Waals surface area contributed by atoms with Crippen molar-refractivity contribution in [1.29, 1.82) is 0 Å². The molecule has 0 aliphatic heterocycles. The van der Waals surface area contributed by atoms with Gasteiger partial charge in [0.05, 0.1) is 11.5 Å². The Labute approximate surface area is 186 Å². The predicted molar refractivity (Wildman–Crippen MR) is 119 cm³/mol. The Bertz CT molecular complexity index is 1150. The number of unbranched alkanes of at least 4 members (excludes halogenated alkanes) is 1. The van der Waals surface area contributed by atoms with Gasteiger partial charge in [0.1, 0.15) is 5.82 Å². The maximum absolute atomic E-state index is 13.0. The first-order valence-corrected chi connectivity index (χ1v) is 11.6. The maximum Gasteiger partial charge on any atom is 0.261 e. The molecule has 0 saturated carbocycles. The molecule has 32 heavy (non-hydrogen) atoms. The van der Waals surface area contributed by atoms with Crippen LogP contribution in [-0.2, 0) is 16.6 Å². The lowest BCUT2D eigenvalue weighted by Gasteiger charge is -2.11. The number of carbonyl (C=O) groups is 1. The van der Waals surface area contributed by atoms with E-state index in [1.807, 2.05) is 6.07 Å². The second-order valence-corrected chi connectivity index (χ2v) is 8.67. The van der Waals surface area contributed by atoms with Gasteiger partial charge in [-0.25, -0.2) is 17.8 Å². The number of aromatic nitrogens is 1. The summed E-state index contributed by atoms with van der Waals surface area (Å²) in [5, 5.41) is 2.81. The van der Waals surface area contributed by atoms with Crippen LogP contribution >= 0.6 is 0 Å². The Morgan fingerprint density at radius 1 is 1.06 bits per heavy atom. The molecule has 0 aliphatic rings. The number of hydrogen-bond donors (Lipinski definition) is 2. The van der Waals surface area contributed by atoms with Crippen LogP contribution in [0.3, 0.4) is 0 Å². The van der Waals surface area contributed by atoms with Crippen molar-refractivity contribution < 1.29 is 22.3 Å². The lowest BCUT2D eigenvalue weighted by molar-refractivity contribution is 0.0950. The summed E-state index contributed by atoms with van der Waals surface area (Å²) in [5.74, 6) is -0.349. The zero-order chi connectivity index (χ0) is 23.0. The van der Waals surface area contributed by atoms with Crippen molar-refractivity contribution in [2.24, 2.45) is 0 Å². The van der Waals surface area contributed by atoms with Gasteiger partial charge in [0, 0.05) is 29.6 Å². The van der Waals surface area contributed by atoms with Crippen LogP contribution in [0.4, 0.5) is 10.1 Å². The molecular formula is C23H24FN3O4S. The topological polar surface area (TPSA) is 97.4 Å². The van der Waals surface area contributed by atoms with E-state index in [2.05, 4.69) is 21.9 Å². The quantitative estimate of drug-likeness (QED) is 0.446. The van der Waals surface area contributed by atoms with Gasteiger partial charge in [-0.3, -0.25) is 9.52 Å². The molecule has 9 heteroatoms. The highest BCUT2D eigenvalue weighted by Crippen LogP contribution is 2.18. The normalized spacial score (nSPS) is 11.1. The first kappa shape index (κ1) is 23.2. The van der Waals surface area contributed by atoms with Gasteiger partial charge in [-0.1, -0.05) is 19.4 Å². The second-order valence-electron chi connectivity index (χ2n) is 6.99. The monoisotopic (exact) mass is 457 g/mol. The van der Waals surface area contributed by atoms with Gasteiger partial charge in [0.25, 0.3) is 15.9 Å². The molecule has 3 rings (SSSR count). The van der Waals surface area contributed by atoms with E-state index in [-0.39, 0.29) is 23.0 Å². The first-order chi connectivity index (χ1) is 15.4. The summed E-state index contributed by atoms with van der Waals surface area (Å²) in [6, 6.07) is 14.1. The number of nitrogens with one attached hydrogen (secondary N) is 2. The SMILES string of the molecule is CCCCOc1ncccc1CNC(=O)c1ccc(NS(=O)(=O)c2ccc(F)cc2)cc1. The second kappa shape index (κ2) is 10.7. The molecule has 0 unspecified atom stereocenters. The molecule has 0 radical (unpaired) electrons. The summed E-state index contributed by atoms with van der Waals surface area (Å²) in [4.78, 5) is 16.6. The number of nitrogens with zero attached hydrogens (tertiary/aromatic N) is 1. The van der Waals surface area contributed by atoms with E-state index in [1.54, 1.807) is 12.3 Å². The Kier molecular flexibility index (Phi) is 7.77. The van der Waals surface area contributed by atoms with Crippen LogP contribution in [0.25, 0.3) is 0 Å². The minimum atomic E-state index is -3.86. The van der Waals surface area contributed by atoms with Crippen molar-refractivity contribution >= 4 is 21.6 Å². The third-order valence-corrected chi connectivity index (χ3v) is 5.95. The molecule has 1 heterocycles. The number of pyridine rings is 1. The van der Waals surface area contributed by atoms with Crippen molar-refractivity contribution in [1.82, 2.24) is 10.3 Å².